The van der Waals surface area contributed by atoms with Gasteiger partial charge in [-0.05, 0) is 31.3 Å². The van der Waals surface area contributed by atoms with Crippen molar-refractivity contribution in [1.29, 1.82) is 0 Å². The standard InChI is InChI=1S/C11H17O/c1-2-3-4-5-7-10-8-6-9-11(10)12/h7-8H,2-6,9H2,1H3/b10-7+. The van der Waals surface area contributed by atoms with Crippen LogP contribution in [0.3, 0.4) is 0 Å². The number of rotatable bonds is 4. The van der Waals surface area contributed by atoms with Crippen LogP contribution >= 0.6 is 0 Å². The fourth-order valence-corrected chi connectivity index (χ4v) is 1.47. The molecular weight excluding hydrogens is 148 g/mol. The molecule has 1 fully saturated rings. The third kappa shape index (κ3) is 2.80. The molecule has 0 atom stereocenters. The monoisotopic (exact) mass is 165 g/mol. The van der Waals surface area contributed by atoms with Gasteiger partial charge < -0.3 is 0 Å². The molecule has 0 aromatic heterocycles. The van der Waals surface area contributed by atoms with Crippen LogP contribution in [-0.2, 0) is 4.79 Å². The number of carbonyl (C=O) groups is 1. The summed E-state index contributed by atoms with van der Waals surface area (Å²) >= 11 is 0. The van der Waals surface area contributed by atoms with Gasteiger partial charge in [-0.1, -0.05) is 25.8 Å². The topological polar surface area (TPSA) is 17.1 Å². The van der Waals surface area contributed by atoms with Crippen LogP contribution < -0.4 is 0 Å². The van der Waals surface area contributed by atoms with Crippen molar-refractivity contribution in [2.24, 2.45) is 0 Å². The third-order valence-electron chi connectivity index (χ3n) is 2.23. The summed E-state index contributed by atoms with van der Waals surface area (Å²) in [7, 11) is 0. The number of Topliss-reactive ketones (excluding diaryl/α,β-unsaturated/α-hetero) is 1. The van der Waals surface area contributed by atoms with Crippen LogP contribution in [0.1, 0.15) is 45.4 Å². The summed E-state index contributed by atoms with van der Waals surface area (Å²) < 4.78 is 0. The Morgan fingerprint density at radius 3 is 2.92 bits per heavy atom. The van der Waals surface area contributed by atoms with Crippen molar-refractivity contribution in [1.82, 2.24) is 0 Å². The van der Waals surface area contributed by atoms with Gasteiger partial charge in [-0.3, -0.25) is 4.79 Å². The van der Waals surface area contributed by atoms with Crippen molar-refractivity contribution in [3.63, 3.8) is 0 Å². The second-order valence-corrected chi connectivity index (χ2v) is 3.32. The van der Waals surface area contributed by atoms with Gasteiger partial charge in [0, 0.05) is 6.42 Å². The first-order valence-electron chi connectivity index (χ1n) is 4.91. The van der Waals surface area contributed by atoms with Gasteiger partial charge >= 0.3 is 0 Å². The SMILES string of the molecule is CCCCC/C=C1\[CH]CCC1=O. The summed E-state index contributed by atoms with van der Waals surface area (Å²) in [6, 6.07) is 0. The van der Waals surface area contributed by atoms with Gasteiger partial charge in [0.15, 0.2) is 5.78 Å². The van der Waals surface area contributed by atoms with Crippen LogP contribution in [0.5, 0.6) is 0 Å². The molecule has 1 nitrogen and oxygen atoms in total. The second-order valence-electron chi connectivity index (χ2n) is 3.32. The molecule has 1 heteroatoms. The van der Waals surface area contributed by atoms with Crippen molar-refractivity contribution in [3.8, 4) is 0 Å². The van der Waals surface area contributed by atoms with E-state index in [4.69, 9.17) is 0 Å². The fourth-order valence-electron chi connectivity index (χ4n) is 1.47. The first-order chi connectivity index (χ1) is 5.84. The number of hydrogen-bond acceptors (Lipinski definition) is 1. The number of unbranched alkanes of at least 4 members (excludes halogenated alkanes) is 3. The van der Waals surface area contributed by atoms with Crippen molar-refractivity contribution in [3.05, 3.63) is 18.1 Å². The summed E-state index contributed by atoms with van der Waals surface area (Å²) in [5.74, 6) is 0.339. The molecular formula is C11H17O. The zero-order chi connectivity index (χ0) is 8.81. The first kappa shape index (κ1) is 9.50. The number of ketones is 1. The van der Waals surface area contributed by atoms with Crippen LogP contribution in [0.2, 0.25) is 0 Å². The predicted octanol–water partition coefficient (Wildman–Crippen LogP) is 3.06. The number of hydrogen-bond donors (Lipinski definition) is 0. The minimum Gasteiger partial charge on any atom is -0.295 e. The second kappa shape index (κ2) is 5.13. The molecule has 1 rings (SSSR count). The average molecular weight is 165 g/mol. The van der Waals surface area contributed by atoms with Crippen LogP contribution in [0.15, 0.2) is 11.6 Å². The zero-order valence-electron chi connectivity index (χ0n) is 7.81. The van der Waals surface area contributed by atoms with Gasteiger partial charge in [0.25, 0.3) is 0 Å². The van der Waals surface area contributed by atoms with Gasteiger partial charge in [0.05, 0.1) is 0 Å². The van der Waals surface area contributed by atoms with Gasteiger partial charge in [-0.2, -0.15) is 0 Å². The average Bonchev–Trinajstić information content (AvgIpc) is 2.46. The Morgan fingerprint density at radius 1 is 1.50 bits per heavy atom. The van der Waals surface area contributed by atoms with E-state index in [1.165, 1.54) is 19.3 Å². The van der Waals surface area contributed by atoms with Gasteiger partial charge in [-0.15, -0.1) is 0 Å². The van der Waals surface area contributed by atoms with Gasteiger partial charge in [0.2, 0.25) is 0 Å². The van der Waals surface area contributed by atoms with Crippen molar-refractivity contribution in [2.45, 2.75) is 45.4 Å². The van der Waals surface area contributed by atoms with E-state index < -0.39 is 0 Å². The highest BCUT2D eigenvalue weighted by molar-refractivity contribution is 5.99. The molecule has 67 valence electrons. The smallest absolute Gasteiger partial charge is 0.158 e. The Hall–Kier alpha value is -0.590. The summed E-state index contributed by atoms with van der Waals surface area (Å²) in [5, 5.41) is 0. The lowest BCUT2D eigenvalue weighted by Gasteiger charge is -1.94. The van der Waals surface area contributed by atoms with Crippen molar-refractivity contribution >= 4 is 5.78 Å². The number of carbonyl (C=O) groups excluding carboxylic acids is 1. The molecule has 0 heterocycles. The molecule has 1 aliphatic carbocycles. The Bertz CT molecular complexity index is 179. The summed E-state index contributed by atoms with van der Waals surface area (Å²) in [5.41, 5.74) is 0.978. The largest absolute Gasteiger partial charge is 0.295 e. The fraction of sp³-hybridized carbons (Fsp3) is 0.636. The predicted molar refractivity (Wildman–Crippen MR) is 50.8 cm³/mol. The molecule has 0 aliphatic heterocycles. The van der Waals surface area contributed by atoms with E-state index in [1.807, 2.05) is 0 Å². The summed E-state index contributed by atoms with van der Waals surface area (Å²) in [6.45, 7) is 2.19. The normalized spacial score (nSPS) is 20.8. The van der Waals surface area contributed by atoms with E-state index in [1.54, 1.807) is 0 Å². The molecule has 0 amide bonds. The van der Waals surface area contributed by atoms with Crippen molar-refractivity contribution < 1.29 is 4.79 Å². The molecule has 0 unspecified atom stereocenters. The van der Waals surface area contributed by atoms with Crippen LogP contribution in [0, 0.1) is 6.42 Å². The molecule has 12 heavy (non-hydrogen) atoms. The molecule has 1 aliphatic rings. The maximum Gasteiger partial charge on any atom is 0.158 e. The third-order valence-corrected chi connectivity index (χ3v) is 2.23. The summed E-state index contributed by atoms with van der Waals surface area (Å²) in [6.07, 6.45) is 10.7. The molecule has 0 aromatic carbocycles. The van der Waals surface area contributed by atoms with Gasteiger partial charge in [0.1, 0.15) is 0 Å². The molecule has 1 saturated carbocycles. The Balaban J connectivity index is 2.22. The Kier molecular flexibility index (Phi) is 4.06. The van der Waals surface area contributed by atoms with E-state index in [0.29, 0.717) is 5.78 Å². The Labute approximate surface area is 74.9 Å². The van der Waals surface area contributed by atoms with Crippen LogP contribution in [-0.4, -0.2) is 5.78 Å². The molecule has 0 saturated heterocycles. The van der Waals surface area contributed by atoms with E-state index in [9.17, 15) is 4.79 Å². The summed E-state index contributed by atoms with van der Waals surface area (Å²) in [4.78, 5) is 11.1. The lowest BCUT2D eigenvalue weighted by molar-refractivity contribution is -0.114. The van der Waals surface area contributed by atoms with Crippen LogP contribution in [0.25, 0.3) is 0 Å². The highest BCUT2D eigenvalue weighted by Gasteiger charge is 2.15. The lowest BCUT2D eigenvalue weighted by Crippen LogP contribution is -1.91. The minimum atomic E-state index is 0.339. The lowest BCUT2D eigenvalue weighted by atomic mass is 10.1. The molecule has 0 aromatic rings. The zero-order valence-corrected chi connectivity index (χ0v) is 7.81. The highest BCUT2D eigenvalue weighted by atomic mass is 16.1. The van der Waals surface area contributed by atoms with Crippen molar-refractivity contribution in [2.75, 3.05) is 0 Å². The molecule has 0 spiro atoms. The van der Waals surface area contributed by atoms with Gasteiger partial charge in [-0.25, -0.2) is 0 Å². The molecule has 0 bridgehead atoms. The minimum absolute atomic E-state index is 0.339. The molecule has 0 N–H and O–H groups in total. The highest BCUT2D eigenvalue weighted by Crippen LogP contribution is 2.19. The maximum atomic E-state index is 11.1. The molecule has 1 radical (unpaired) electrons. The first-order valence-corrected chi connectivity index (χ1v) is 4.91. The Morgan fingerprint density at radius 2 is 2.33 bits per heavy atom. The maximum absolute atomic E-state index is 11.1. The van der Waals surface area contributed by atoms with E-state index in [-0.39, 0.29) is 0 Å². The van der Waals surface area contributed by atoms with E-state index in [2.05, 4.69) is 19.4 Å². The van der Waals surface area contributed by atoms with E-state index >= 15 is 0 Å². The number of allylic oxidation sites excluding steroid dienone is 2. The van der Waals surface area contributed by atoms with E-state index in [0.717, 1.165) is 24.8 Å². The quantitative estimate of drug-likeness (QED) is 0.462. The van der Waals surface area contributed by atoms with Crippen LogP contribution in [0.4, 0.5) is 0 Å².